The first-order valence-electron chi connectivity index (χ1n) is 4.72. The summed E-state index contributed by atoms with van der Waals surface area (Å²) >= 11 is 0. The van der Waals surface area contributed by atoms with Gasteiger partial charge < -0.3 is 0 Å². The van der Waals surface area contributed by atoms with Gasteiger partial charge in [-0.25, -0.2) is 0 Å². The number of benzene rings is 1. The maximum atomic E-state index is 3.79. The lowest BCUT2D eigenvalue weighted by atomic mass is 10.1. The first-order valence-corrected chi connectivity index (χ1v) is 4.72. The zero-order valence-corrected chi connectivity index (χ0v) is 8.11. The monoisotopic (exact) mass is 172 g/mol. The smallest absolute Gasteiger partial charge is 0.00555 e. The van der Waals surface area contributed by atoms with Gasteiger partial charge in [0.2, 0.25) is 0 Å². The maximum absolute atomic E-state index is 3.79. The van der Waals surface area contributed by atoms with Crippen LogP contribution < -0.4 is 0 Å². The van der Waals surface area contributed by atoms with Crippen LogP contribution in [-0.4, -0.2) is 0 Å². The first kappa shape index (κ1) is 9.79. The summed E-state index contributed by atoms with van der Waals surface area (Å²) in [7, 11) is 0. The predicted octanol–water partition coefficient (Wildman–Crippen LogP) is 3.91. The van der Waals surface area contributed by atoms with E-state index in [9.17, 15) is 0 Å². The Morgan fingerprint density at radius 1 is 1.31 bits per heavy atom. The van der Waals surface area contributed by atoms with E-state index in [-0.39, 0.29) is 0 Å². The van der Waals surface area contributed by atoms with E-state index in [2.05, 4.69) is 49.9 Å². The minimum atomic E-state index is 0.500. The molecule has 13 heavy (non-hydrogen) atoms. The molecule has 0 bridgehead atoms. The molecular formula is C13H16. The van der Waals surface area contributed by atoms with Crippen molar-refractivity contribution < 1.29 is 0 Å². The van der Waals surface area contributed by atoms with Crippen LogP contribution in [-0.2, 0) is 0 Å². The van der Waals surface area contributed by atoms with Crippen LogP contribution in [0.4, 0.5) is 0 Å². The molecule has 0 aromatic heterocycles. The van der Waals surface area contributed by atoms with Crippen LogP contribution in [0.25, 0.3) is 6.08 Å². The third-order valence-corrected chi connectivity index (χ3v) is 2.11. The Labute approximate surface area is 80.6 Å². The summed E-state index contributed by atoms with van der Waals surface area (Å²) in [5, 5.41) is 0. The quantitative estimate of drug-likeness (QED) is 0.604. The highest BCUT2D eigenvalue weighted by Gasteiger charge is 1.92. The topological polar surface area (TPSA) is 0 Å². The van der Waals surface area contributed by atoms with Gasteiger partial charge in [-0.1, -0.05) is 55.5 Å². The molecule has 0 saturated carbocycles. The lowest BCUT2D eigenvalue weighted by Crippen LogP contribution is -1.86. The zero-order chi connectivity index (χ0) is 9.52. The van der Waals surface area contributed by atoms with Crippen molar-refractivity contribution in [3.05, 3.63) is 54.6 Å². The van der Waals surface area contributed by atoms with E-state index in [0.29, 0.717) is 5.92 Å². The van der Waals surface area contributed by atoms with Gasteiger partial charge in [-0.05, 0) is 17.9 Å². The molecule has 68 valence electrons. The molecule has 0 aliphatic rings. The normalized spacial score (nSPS) is 13.0. The Hall–Kier alpha value is -1.30. The molecule has 0 amide bonds. The van der Waals surface area contributed by atoms with Gasteiger partial charge in [0, 0.05) is 0 Å². The number of allylic oxidation sites excluding steroid dienone is 2. The van der Waals surface area contributed by atoms with Crippen molar-refractivity contribution >= 4 is 6.08 Å². The van der Waals surface area contributed by atoms with Gasteiger partial charge in [-0.15, -0.1) is 6.58 Å². The second-order valence-corrected chi connectivity index (χ2v) is 3.08. The van der Waals surface area contributed by atoms with Gasteiger partial charge in [0.05, 0.1) is 0 Å². The molecule has 0 saturated heterocycles. The van der Waals surface area contributed by atoms with E-state index in [4.69, 9.17) is 0 Å². The van der Waals surface area contributed by atoms with Crippen molar-refractivity contribution in [3.8, 4) is 0 Å². The molecule has 0 radical (unpaired) electrons. The van der Waals surface area contributed by atoms with Crippen molar-refractivity contribution in [3.63, 3.8) is 0 Å². The van der Waals surface area contributed by atoms with Gasteiger partial charge in [-0.3, -0.25) is 0 Å². The zero-order valence-electron chi connectivity index (χ0n) is 8.11. The highest BCUT2D eigenvalue weighted by atomic mass is 14.0. The van der Waals surface area contributed by atoms with Crippen LogP contribution >= 0.6 is 0 Å². The molecule has 0 aliphatic carbocycles. The lowest BCUT2D eigenvalue weighted by Gasteiger charge is -2.00. The Morgan fingerprint density at radius 3 is 2.54 bits per heavy atom. The van der Waals surface area contributed by atoms with Crippen molar-refractivity contribution in [2.24, 2.45) is 5.92 Å². The van der Waals surface area contributed by atoms with Gasteiger partial charge in [0.25, 0.3) is 0 Å². The Kier molecular flexibility index (Phi) is 4.04. The molecule has 1 atom stereocenters. The molecule has 0 N–H and O–H groups in total. The van der Waals surface area contributed by atoms with Gasteiger partial charge >= 0.3 is 0 Å². The average Bonchev–Trinajstić information content (AvgIpc) is 2.21. The second-order valence-electron chi connectivity index (χ2n) is 3.08. The molecule has 0 heteroatoms. The predicted molar refractivity (Wildman–Crippen MR) is 59.5 cm³/mol. The number of hydrogen-bond donors (Lipinski definition) is 0. The minimum absolute atomic E-state index is 0.500. The summed E-state index contributed by atoms with van der Waals surface area (Å²) in [6, 6.07) is 10.3. The van der Waals surface area contributed by atoms with Crippen LogP contribution in [0.15, 0.2) is 49.1 Å². The molecule has 0 spiro atoms. The van der Waals surface area contributed by atoms with E-state index in [1.807, 2.05) is 12.1 Å². The van der Waals surface area contributed by atoms with Crippen molar-refractivity contribution in [1.82, 2.24) is 0 Å². The minimum Gasteiger partial charge on any atom is -0.102 e. The summed E-state index contributed by atoms with van der Waals surface area (Å²) < 4.78 is 0. The third-order valence-electron chi connectivity index (χ3n) is 2.11. The molecule has 0 heterocycles. The number of rotatable bonds is 4. The van der Waals surface area contributed by atoms with Crippen molar-refractivity contribution in [2.75, 3.05) is 0 Å². The SMILES string of the molecule is C=C[C@H](/C=C/c1ccccc1)CC. The summed E-state index contributed by atoms with van der Waals surface area (Å²) in [5.41, 5.74) is 1.25. The Balaban J connectivity index is 2.62. The second kappa shape index (κ2) is 5.36. The van der Waals surface area contributed by atoms with Crippen molar-refractivity contribution in [2.45, 2.75) is 13.3 Å². The standard InChI is InChI=1S/C13H16/c1-3-12(4-2)10-11-13-8-6-5-7-9-13/h3,5-12H,1,4H2,2H3/b11-10+/t12-/m0/s1. The largest absolute Gasteiger partial charge is 0.102 e. The van der Waals surface area contributed by atoms with Gasteiger partial charge in [0.1, 0.15) is 0 Å². The van der Waals surface area contributed by atoms with Crippen LogP contribution in [0.5, 0.6) is 0 Å². The highest BCUT2D eigenvalue weighted by molar-refractivity contribution is 5.49. The molecule has 1 rings (SSSR count). The van der Waals surface area contributed by atoms with Gasteiger partial charge in [0.15, 0.2) is 0 Å². The first-order chi connectivity index (χ1) is 6.36. The fourth-order valence-electron chi connectivity index (χ4n) is 1.18. The lowest BCUT2D eigenvalue weighted by molar-refractivity contribution is 0.779. The summed E-state index contributed by atoms with van der Waals surface area (Å²) in [6.45, 7) is 5.96. The van der Waals surface area contributed by atoms with Gasteiger partial charge in [-0.2, -0.15) is 0 Å². The molecule has 0 aliphatic heterocycles. The van der Waals surface area contributed by atoms with E-state index in [1.54, 1.807) is 0 Å². The highest BCUT2D eigenvalue weighted by Crippen LogP contribution is 2.09. The molecule has 0 fully saturated rings. The van der Waals surface area contributed by atoms with Crippen molar-refractivity contribution in [1.29, 1.82) is 0 Å². The van der Waals surface area contributed by atoms with Crippen LogP contribution in [0.2, 0.25) is 0 Å². The number of hydrogen-bond acceptors (Lipinski definition) is 0. The van der Waals surface area contributed by atoms with E-state index < -0.39 is 0 Å². The third kappa shape index (κ3) is 3.29. The van der Waals surface area contributed by atoms with E-state index in [0.717, 1.165) is 6.42 Å². The van der Waals surface area contributed by atoms with Crippen LogP contribution in [0.1, 0.15) is 18.9 Å². The fraction of sp³-hybridized carbons (Fsp3) is 0.231. The molecular weight excluding hydrogens is 156 g/mol. The molecule has 0 nitrogen and oxygen atoms in total. The Morgan fingerprint density at radius 2 is 2.00 bits per heavy atom. The molecule has 1 aromatic carbocycles. The Bertz CT molecular complexity index is 269. The fourth-order valence-corrected chi connectivity index (χ4v) is 1.18. The molecule has 1 aromatic rings. The van der Waals surface area contributed by atoms with Crippen LogP contribution in [0, 0.1) is 5.92 Å². The summed E-state index contributed by atoms with van der Waals surface area (Å²) in [4.78, 5) is 0. The maximum Gasteiger partial charge on any atom is -0.00555 e. The van der Waals surface area contributed by atoms with E-state index >= 15 is 0 Å². The summed E-state index contributed by atoms with van der Waals surface area (Å²) in [6.07, 6.45) is 7.45. The van der Waals surface area contributed by atoms with E-state index in [1.165, 1.54) is 5.56 Å². The van der Waals surface area contributed by atoms with Crippen LogP contribution in [0.3, 0.4) is 0 Å². The average molecular weight is 172 g/mol. The summed E-state index contributed by atoms with van der Waals surface area (Å²) in [5.74, 6) is 0.500. The molecule has 0 unspecified atom stereocenters.